The summed E-state index contributed by atoms with van der Waals surface area (Å²) in [6.45, 7) is 2.02. The highest BCUT2D eigenvalue weighted by molar-refractivity contribution is 5.97. The smallest absolute Gasteiger partial charge is 0.371 e. The Balaban J connectivity index is 1.50. The maximum absolute atomic E-state index is 12.8. The average Bonchev–Trinajstić information content (AvgIpc) is 3.50. The molecule has 1 aliphatic carbocycles. The predicted molar refractivity (Wildman–Crippen MR) is 127 cm³/mol. The van der Waals surface area contributed by atoms with Gasteiger partial charge in [-0.2, -0.15) is 13.2 Å². The number of fused-ring (bicyclic) bond motifs is 2. The lowest BCUT2D eigenvalue weighted by Crippen LogP contribution is -2.16. The molecule has 36 heavy (non-hydrogen) atoms. The summed E-state index contributed by atoms with van der Waals surface area (Å²) >= 11 is 0. The standard InChI is InChI=1S/C24H21F3N8O/c1-12-6-15(12)23(36)32-19-8-16-13(10-30-22(28-2)21(16)34-33-19)4-5-14-7-18-17(11-29-14)31-20(35(18)3)9-24(25,26)27/h7-8,10-12,15H,6,9H2,1-3H3,(H,28,30)(H,32,33,36)/t12-,15+/m1/s1. The summed E-state index contributed by atoms with van der Waals surface area (Å²) in [4.78, 5) is 24.9. The van der Waals surface area contributed by atoms with Crippen LogP contribution in [0.3, 0.4) is 0 Å². The fourth-order valence-electron chi connectivity index (χ4n) is 3.96. The Labute approximate surface area is 203 Å². The van der Waals surface area contributed by atoms with E-state index in [0.717, 1.165) is 6.42 Å². The number of hydrogen-bond acceptors (Lipinski definition) is 7. The second kappa shape index (κ2) is 8.75. The van der Waals surface area contributed by atoms with Gasteiger partial charge in [0.15, 0.2) is 11.6 Å². The van der Waals surface area contributed by atoms with Crippen LogP contribution in [0.4, 0.5) is 24.8 Å². The Bertz CT molecular complexity index is 1570. The van der Waals surface area contributed by atoms with Crippen molar-refractivity contribution in [2.75, 3.05) is 17.7 Å². The van der Waals surface area contributed by atoms with E-state index in [1.165, 1.54) is 17.8 Å². The topological polar surface area (TPSA) is 111 Å². The molecular formula is C24H21F3N8O. The van der Waals surface area contributed by atoms with E-state index in [1.807, 2.05) is 6.92 Å². The third kappa shape index (κ3) is 4.64. The Kier molecular flexibility index (Phi) is 5.70. The number of pyridine rings is 2. The van der Waals surface area contributed by atoms with Gasteiger partial charge in [-0.1, -0.05) is 12.8 Å². The van der Waals surface area contributed by atoms with E-state index in [4.69, 9.17) is 0 Å². The first-order valence-electron chi connectivity index (χ1n) is 11.2. The quantitative estimate of drug-likeness (QED) is 0.418. The van der Waals surface area contributed by atoms with Gasteiger partial charge in [-0.15, -0.1) is 10.2 Å². The molecule has 0 aliphatic heterocycles. The molecule has 1 fully saturated rings. The average molecular weight is 494 g/mol. The Hall–Kier alpha value is -4.27. The third-order valence-electron chi connectivity index (χ3n) is 6.11. The van der Waals surface area contributed by atoms with Gasteiger partial charge >= 0.3 is 6.18 Å². The van der Waals surface area contributed by atoms with Crippen LogP contribution in [0, 0.1) is 23.7 Å². The van der Waals surface area contributed by atoms with E-state index in [-0.39, 0.29) is 17.6 Å². The molecule has 0 saturated heterocycles. The molecule has 0 bridgehead atoms. The van der Waals surface area contributed by atoms with Crippen molar-refractivity contribution in [1.29, 1.82) is 0 Å². The van der Waals surface area contributed by atoms with Crippen molar-refractivity contribution in [1.82, 2.24) is 29.7 Å². The zero-order valence-corrected chi connectivity index (χ0v) is 19.6. The summed E-state index contributed by atoms with van der Waals surface area (Å²) in [5.41, 5.74) is 2.21. The molecule has 2 atom stereocenters. The van der Waals surface area contributed by atoms with E-state index in [0.29, 0.717) is 50.7 Å². The van der Waals surface area contributed by atoms with Gasteiger partial charge in [0, 0.05) is 31.6 Å². The highest BCUT2D eigenvalue weighted by Crippen LogP contribution is 2.38. The second-order valence-corrected chi connectivity index (χ2v) is 8.76. The Morgan fingerprint density at radius 3 is 2.67 bits per heavy atom. The summed E-state index contributed by atoms with van der Waals surface area (Å²) in [5.74, 6) is 6.92. The van der Waals surface area contributed by atoms with Gasteiger partial charge in [0.2, 0.25) is 5.91 Å². The maximum atomic E-state index is 12.8. The highest BCUT2D eigenvalue weighted by atomic mass is 19.4. The first-order chi connectivity index (χ1) is 17.1. The van der Waals surface area contributed by atoms with Crippen molar-refractivity contribution in [2.45, 2.75) is 25.9 Å². The molecule has 4 heterocycles. The fraction of sp³-hybridized carbons (Fsp3) is 0.333. The van der Waals surface area contributed by atoms with Crippen molar-refractivity contribution in [3.8, 4) is 11.8 Å². The van der Waals surface area contributed by atoms with Crippen molar-refractivity contribution in [3.63, 3.8) is 0 Å². The van der Waals surface area contributed by atoms with Crippen molar-refractivity contribution >= 4 is 39.5 Å². The summed E-state index contributed by atoms with van der Waals surface area (Å²) in [5, 5.41) is 14.7. The van der Waals surface area contributed by atoms with Crippen molar-refractivity contribution in [2.24, 2.45) is 18.9 Å². The Morgan fingerprint density at radius 2 is 1.97 bits per heavy atom. The molecule has 4 aromatic rings. The van der Waals surface area contributed by atoms with E-state index >= 15 is 0 Å². The van der Waals surface area contributed by atoms with Crippen LogP contribution in [0.2, 0.25) is 0 Å². The third-order valence-corrected chi connectivity index (χ3v) is 6.11. The predicted octanol–water partition coefficient (Wildman–Crippen LogP) is 3.45. The first kappa shape index (κ1) is 23.5. The second-order valence-electron chi connectivity index (χ2n) is 8.76. The number of nitrogens with zero attached hydrogens (tertiary/aromatic N) is 6. The molecule has 2 N–H and O–H groups in total. The van der Waals surface area contributed by atoms with Crippen LogP contribution >= 0.6 is 0 Å². The lowest BCUT2D eigenvalue weighted by atomic mass is 10.1. The van der Waals surface area contributed by atoms with E-state index < -0.39 is 12.6 Å². The molecule has 5 rings (SSSR count). The maximum Gasteiger partial charge on any atom is 0.396 e. The van der Waals surface area contributed by atoms with Gasteiger partial charge in [-0.05, 0) is 30.4 Å². The molecule has 0 aromatic carbocycles. The molecule has 0 spiro atoms. The van der Waals surface area contributed by atoms with E-state index in [2.05, 4.69) is 47.6 Å². The zero-order valence-electron chi connectivity index (χ0n) is 19.6. The number of aryl methyl sites for hydroxylation is 1. The van der Waals surface area contributed by atoms with Crippen LogP contribution in [0.25, 0.3) is 21.9 Å². The summed E-state index contributed by atoms with van der Waals surface area (Å²) in [6.07, 6.45) is -1.67. The van der Waals surface area contributed by atoms with Crippen molar-refractivity contribution < 1.29 is 18.0 Å². The van der Waals surface area contributed by atoms with Gasteiger partial charge in [-0.3, -0.25) is 4.79 Å². The summed E-state index contributed by atoms with van der Waals surface area (Å²) in [7, 11) is 3.23. The number of imidazole rings is 1. The van der Waals surface area contributed by atoms with Crippen LogP contribution in [-0.2, 0) is 18.3 Å². The summed E-state index contributed by atoms with van der Waals surface area (Å²) in [6, 6.07) is 3.29. The number of alkyl halides is 3. The van der Waals surface area contributed by atoms with Crippen LogP contribution in [0.1, 0.15) is 30.4 Å². The number of aromatic nitrogens is 6. The first-order valence-corrected chi connectivity index (χ1v) is 11.2. The zero-order chi connectivity index (χ0) is 25.6. The van der Waals surface area contributed by atoms with Gasteiger partial charge in [-0.25, -0.2) is 15.0 Å². The van der Waals surface area contributed by atoms with Crippen LogP contribution in [0.15, 0.2) is 24.5 Å². The molecule has 1 aliphatic rings. The highest BCUT2D eigenvalue weighted by Gasteiger charge is 2.39. The number of rotatable bonds is 4. The number of amides is 1. The molecule has 1 amide bonds. The van der Waals surface area contributed by atoms with Crippen molar-refractivity contribution in [3.05, 3.63) is 41.6 Å². The molecule has 0 unspecified atom stereocenters. The molecule has 4 aromatic heterocycles. The monoisotopic (exact) mass is 494 g/mol. The SMILES string of the molecule is CNc1ncc(C#Cc2cc3c(cn2)nc(CC(F)(F)F)n3C)c2cc(NC(=O)[C@H]3C[C@H]3C)nnc12. The van der Waals surface area contributed by atoms with Gasteiger partial charge in [0.05, 0.1) is 17.3 Å². The number of hydrogen-bond donors (Lipinski definition) is 2. The number of halogens is 3. The van der Waals surface area contributed by atoms with Crippen LogP contribution in [-0.4, -0.2) is 48.8 Å². The van der Waals surface area contributed by atoms with Crippen LogP contribution in [0.5, 0.6) is 0 Å². The minimum absolute atomic E-state index is 0.0169. The molecule has 1 saturated carbocycles. The van der Waals surface area contributed by atoms with E-state index in [1.54, 1.807) is 25.4 Å². The largest absolute Gasteiger partial charge is 0.396 e. The minimum atomic E-state index is -4.36. The molecular weight excluding hydrogens is 473 g/mol. The normalized spacial score (nSPS) is 17.1. The molecule has 9 nitrogen and oxygen atoms in total. The fourth-order valence-corrected chi connectivity index (χ4v) is 3.96. The lowest BCUT2D eigenvalue weighted by molar-refractivity contribution is -0.128. The van der Waals surface area contributed by atoms with E-state index in [9.17, 15) is 18.0 Å². The minimum Gasteiger partial charge on any atom is -0.371 e. The van der Waals surface area contributed by atoms with Gasteiger partial charge in [0.1, 0.15) is 29.0 Å². The number of nitrogens with one attached hydrogen (secondary N) is 2. The number of carbonyl (C=O) groups is 1. The Morgan fingerprint density at radius 1 is 1.19 bits per heavy atom. The molecule has 12 heteroatoms. The molecule has 0 radical (unpaired) electrons. The van der Waals surface area contributed by atoms with Gasteiger partial charge < -0.3 is 15.2 Å². The van der Waals surface area contributed by atoms with Gasteiger partial charge in [0.25, 0.3) is 0 Å². The summed E-state index contributed by atoms with van der Waals surface area (Å²) < 4.78 is 39.9. The molecule has 184 valence electrons. The number of carbonyl (C=O) groups excluding carboxylic acids is 1. The number of anilines is 2. The lowest BCUT2D eigenvalue weighted by Gasteiger charge is -2.08. The van der Waals surface area contributed by atoms with Crippen LogP contribution < -0.4 is 10.6 Å².